The molecule has 0 saturated heterocycles. The van der Waals surface area contributed by atoms with E-state index in [1.165, 1.54) is 18.4 Å². The van der Waals surface area contributed by atoms with Crippen LogP contribution in [-0.4, -0.2) is 17.3 Å². The molecule has 2 N–H and O–H groups in total. The molecular formula is C3H5N3OS. The summed E-state index contributed by atoms with van der Waals surface area (Å²) in [5.41, 5.74) is 0. The topological polar surface area (TPSA) is 61.8 Å². The molecule has 0 saturated carbocycles. The summed E-state index contributed by atoms with van der Waals surface area (Å²) in [6.07, 6.45) is 0. The van der Waals surface area contributed by atoms with Crippen LogP contribution in [0.1, 0.15) is 0 Å². The molecule has 0 aliphatic heterocycles. The number of ether oxygens (including phenoxy) is 1. The lowest BCUT2D eigenvalue weighted by Crippen LogP contribution is -1.91. The van der Waals surface area contributed by atoms with Gasteiger partial charge in [0.1, 0.15) is 0 Å². The third-order valence-electron chi connectivity index (χ3n) is 0.613. The highest BCUT2D eigenvalue weighted by Gasteiger charge is 1.90. The minimum absolute atomic E-state index is 0.307. The Balaban J connectivity index is 3.01. The van der Waals surface area contributed by atoms with E-state index in [1.54, 1.807) is 0 Å². The number of aromatic nitrogens is 2. The van der Waals surface area contributed by atoms with Gasteiger partial charge in [0.25, 0.3) is 5.19 Å². The fraction of sp³-hybridized carbons (Fsp3) is 0.333. The van der Waals surface area contributed by atoms with Crippen LogP contribution < -0.4 is 9.54 Å². The van der Waals surface area contributed by atoms with Crippen LogP contribution in [0.4, 0.5) is 0 Å². The largest absolute Gasteiger partial charge is 0.472 e. The molecule has 5 heteroatoms. The molecule has 1 aromatic rings. The number of H-pyrrole nitrogens is 1. The maximum atomic E-state index is 6.94. The monoisotopic (exact) mass is 131 g/mol. The lowest BCUT2D eigenvalue weighted by atomic mass is 11.4. The number of hydrogen-bond donors (Lipinski definition) is 2. The maximum absolute atomic E-state index is 6.94. The highest BCUT2D eigenvalue weighted by Crippen LogP contribution is 2.03. The van der Waals surface area contributed by atoms with Gasteiger partial charge in [-0.2, -0.15) is 0 Å². The van der Waals surface area contributed by atoms with Gasteiger partial charge in [-0.1, -0.05) is 0 Å². The van der Waals surface area contributed by atoms with Crippen molar-refractivity contribution in [1.29, 1.82) is 5.41 Å². The van der Waals surface area contributed by atoms with Gasteiger partial charge in [-0.25, -0.2) is 5.10 Å². The fourth-order valence-electron chi connectivity index (χ4n) is 0.317. The van der Waals surface area contributed by atoms with E-state index in [1.807, 2.05) is 0 Å². The molecule has 0 amide bonds. The van der Waals surface area contributed by atoms with E-state index < -0.39 is 0 Å². The second kappa shape index (κ2) is 1.95. The van der Waals surface area contributed by atoms with Crippen molar-refractivity contribution in [3.8, 4) is 5.19 Å². The second-order valence-electron chi connectivity index (χ2n) is 1.12. The summed E-state index contributed by atoms with van der Waals surface area (Å²) < 4.78 is 4.69. The van der Waals surface area contributed by atoms with E-state index in [2.05, 4.69) is 10.2 Å². The van der Waals surface area contributed by atoms with E-state index in [9.17, 15) is 0 Å². The molecule has 1 heterocycles. The zero-order chi connectivity index (χ0) is 5.98. The number of methoxy groups -OCH3 is 1. The molecule has 0 atom stereocenters. The first kappa shape index (κ1) is 5.30. The SMILES string of the molecule is COc1n[nH]c(=N)s1. The molecule has 0 unspecified atom stereocenters. The second-order valence-corrected chi connectivity index (χ2v) is 2.09. The van der Waals surface area contributed by atoms with Gasteiger partial charge >= 0.3 is 0 Å². The van der Waals surface area contributed by atoms with Crippen molar-refractivity contribution < 1.29 is 4.74 Å². The molecule has 1 rings (SSSR count). The van der Waals surface area contributed by atoms with Crippen LogP contribution >= 0.6 is 11.3 Å². The third kappa shape index (κ3) is 0.865. The predicted molar refractivity (Wildman–Crippen MR) is 28.9 cm³/mol. The normalized spacial score (nSPS) is 9.12. The van der Waals surface area contributed by atoms with Crippen LogP contribution in [0.2, 0.25) is 0 Å². The predicted octanol–water partition coefficient (Wildman–Crippen LogP) is -0.0407. The summed E-state index contributed by atoms with van der Waals surface area (Å²) in [5.74, 6) is 0. The maximum Gasteiger partial charge on any atom is 0.293 e. The Morgan fingerprint density at radius 3 is 2.88 bits per heavy atom. The van der Waals surface area contributed by atoms with Crippen molar-refractivity contribution in [2.24, 2.45) is 0 Å². The van der Waals surface area contributed by atoms with Gasteiger partial charge < -0.3 is 4.74 Å². The van der Waals surface area contributed by atoms with Gasteiger partial charge in [0.2, 0.25) is 4.80 Å². The molecular weight excluding hydrogens is 126 g/mol. The van der Waals surface area contributed by atoms with E-state index in [0.29, 0.717) is 10.00 Å². The van der Waals surface area contributed by atoms with E-state index in [4.69, 9.17) is 10.1 Å². The van der Waals surface area contributed by atoms with Crippen molar-refractivity contribution in [2.45, 2.75) is 0 Å². The first-order valence-electron chi connectivity index (χ1n) is 1.97. The van der Waals surface area contributed by atoms with E-state index in [0.717, 1.165) is 0 Å². The van der Waals surface area contributed by atoms with Crippen molar-refractivity contribution in [1.82, 2.24) is 10.2 Å². The van der Waals surface area contributed by atoms with Crippen LogP contribution in [-0.2, 0) is 0 Å². The highest BCUT2D eigenvalue weighted by atomic mass is 32.1. The first-order chi connectivity index (χ1) is 3.83. The molecule has 0 aliphatic rings. The van der Waals surface area contributed by atoms with Crippen LogP contribution in [0, 0.1) is 5.41 Å². The molecule has 0 radical (unpaired) electrons. The van der Waals surface area contributed by atoms with Gasteiger partial charge in [-0.3, -0.25) is 5.41 Å². The molecule has 0 fully saturated rings. The first-order valence-corrected chi connectivity index (χ1v) is 2.78. The summed E-state index contributed by atoms with van der Waals surface area (Å²) in [6.45, 7) is 0. The average Bonchev–Trinajstić information content (AvgIpc) is 2.14. The smallest absolute Gasteiger partial charge is 0.293 e. The zero-order valence-corrected chi connectivity index (χ0v) is 5.08. The number of nitrogens with one attached hydrogen (secondary N) is 2. The minimum atomic E-state index is 0.307. The van der Waals surface area contributed by atoms with Crippen LogP contribution in [0.5, 0.6) is 5.19 Å². The Hall–Kier alpha value is -0.840. The van der Waals surface area contributed by atoms with Crippen molar-refractivity contribution >= 4 is 11.3 Å². The molecule has 0 bridgehead atoms. The summed E-state index contributed by atoms with van der Waals surface area (Å²) in [6, 6.07) is 0. The van der Waals surface area contributed by atoms with Crippen LogP contribution in [0.25, 0.3) is 0 Å². The lowest BCUT2D eigenvalue weighted by Gasteiger charge is -1.82. The molecule has 0 spiro atoms. The molecule has 44 valence electrons. The Bertz CT molecular complexity index is 214. The number of hydrogen-bond acceptors (Lipinski definition) is 4. The third-order valence-corrected chi connectivity index (χ3v) is 1.34. The molecule has 1 aromatic heterocycles. The molecule has 8 heavy (non-hydrogen) atoms. The Morgan fingerprint density at radius 2 is 2.62 bits per heavy atom. The van der Waals surface area contributed by atoms with Crippen molar-refractivity contribution in [2.75, 3.05) is 7.11 Å². The zero-order valence-electron chi connectivity index (χ0n) is 4.26. The average molecular weight is 131 g/mol. The van der Waals surface area contributed by atoms with Gasteiger partial charge in [0.15, 0.2) is 0 Å². The Labute approximate surface area is 49.6 Å². The van der Waals surface area contributed by atoms with Crippen LogP contribution in [0.15, 0.2) is 0 Å². The minimum Gasteiger partial charge on any atom is -0.472 e. The fourth-order valence-corrected chi connectivity index (χ4v) is 0.757. The van der Waals surface area contributed by atoms with E-state index >= 15 is 0 Å². The summed E-state index contributed by atoms with van der Waals surface area (Å²) in [4.78, 5) is 0.307. The summed E-state index contributed by atoms with van der Waals surface area (Å²) >= 11 is 1.17. The van der Waals surface area contributed by atoms with Gasteiger partial charge in [0, 0.05) is 0 Å². The summed E-state index contributed by atoms with van der Waals surface area (Å²) in [7, 11) is 1.52. The number of aromatic amines is 1. The molecule has 0 aromatic carbocycles. The number of rotatable bonds is 1. The Morgan fingerprint density at radius 1 is 1.88 bits per heavy atom. The van der Waals surface area contributed by atoms with Gasteiger partial charge in [-0.15, -0.1) is 5.10 Å². The summed E-state index contributed by atoms with van der Waals surface area (Å²) in [5, 5.41) is 13.5. The van der Waals surface area contributed by atoms with Crippen molar-refractivity contribution in [3.05, 3.63) is 4.80 Å². The Kier molecular flexibility index (Phi) is 1.29. The van der Waals surface area contributed by atoms with Gasteiger partial charge in [-0.05, 0) is 11.3 Å². The lowest BCUT2D eigenvalue weighted by molar-refractivity contribution is 0.407. The highest BCUT2D eigenvalue weighted by molar-refractivity contribution is 7.10. The number of nitrogens with zero attached hydrogens (tertiary/aromatic N) is 1. The molecule has 4 nitrogen and oxygen atoms in total. The van der Waals surface area contributed by atoms with E-state index in [-0.39, 0.29) is 0 Å². The van der Waals surface area contributed by atoms with Crippen molar-refractivity contribution in [3.63, 3.8) is 0 Å². The molecule has 0 aliphatic carbocycles. The standard InChI is InChI=1S/C3H5N3OS/c1-7-3-6-5-2(4)8-3/h1H3,(H2,4,5). The van der Waals surface area contributed by atoms with Gasteiger partial charge in [0.05, 0.1) is 7.11 Å². The van der Waals surface area contributed by atoms with Crippen LogP contribution in [0.3, 0.4) is 0 Å². The quantitative estimate of drug-likeness (QED) is 0.561.